The number of carbonyl (C=O) groups excluding carboxylic acids is 1. The summed E-state index contributed by atoms with van der Waals surface area (Å²) in [5, 5.41) is 0. The maximum Gasteiger partial charge on any atom is 0.140 e. The molecule has 0 atom stereocenters. The van der Waals surface area contributed by atoms with Crippen LogP contribution in [0.25, 0.3) is 0 Å². The van der Waals surface area contributed by atoms with Crippen LogP contribution in [-0.2, 0) is 4.79 Å². The molecule has 0 amide bonds. The van der Waals surface area contributed by atoms with Gasteiger partial charge in [-0.1, -0.05) is 25.7 Å². The second-order valence-corrected chi connectivity index (χ2v) is 4.83. The molecule has 80 valence electrons. The van der Waals surface area contributed by atoms with Crippen LogP contribution in [0.5, 0.6) is 0 Å². The van der Waals surface area contributed by atoms with Crippen LogP contribution in [0.2, 0.25) is 0 Å². The Morgan fingerprint density at radius 2 is 1.43 bits per heavy atom. The lowest BCUT2D eigenvalue weighted by Crippen LogP contribution is -2.53. The molecule has 2 aliphatic rings. The van der Waals surface area contributed by atoms with Gasteiger partial charge in [0.1, 0.15) is 6.29 Å². The monoisotopic (exact) mass is 195 g/mol. The zero-order valence-electron chi connectivity index (χ0n) is 9.00. The van der Waals surface area contributed by atoms with Gasteiger partial charge in [-0.15, -0.1) is 0 Å². The van der Waals surface area contributed by atoms with Gasteiger partial charge in [-0.2, -0.15) is 0 Å². The van der Waals surface area contributed by atoms with Crippen LogP contribution in [0.15, 0.2) is 0 Å². The molecule has 1 saturated carbocycles. The van der Waals surface area contributed by atoms with E-state index in [9.17, 15) is 4.79 Å². The summed E-state index contributed by atoms with van der Waals surface area (Å²) in [5.41, 5.74) is -0.0569. The SMILES string of the molecule is O=CC1(N2CCCCC2)CCCCC1. The number of rotatable bonds is 2. The number of aldehydes is 1. The summed E-state index contributed by atoms with van der Waals surface area (Å²) in [6.07, 6.45) is 11.2. The van der Waals surface area contributed by atoms with E-state index in [0.717, 1.165) is 25.9 Å². The molecule has 0 spiro atoms. The Balaban J connectivity index is 2.04. The Labute approximate surface area is 86.7 Å². The molecule has 1 saturated heterocycles. The van der Waals surface area contributed by atoms with E-state index in [0.29, 0.717) is 0 Å². The summed E-state index contributed by atoms with van der Waals surface area (Å²) < 4.78 is 0. The average molecular weight is 195 g/mol. The molecule has 2 nitrogen and oxygen atoms in total. The second-order valence-electron chi connectivity index (χ2n) is 4.83. The van der Waals surface area contributed by atoms with Crippen LogP contribution >= 0.6 is 0 Å². The molecule has 1 aliphatic heterocycles. The van der Waals surface area contributed by atoms with E-state index >= 15 is 0 Å². The van der Waals surface area contributed by atoms with Crippen molar-refractivity contribution in [3.05, 3.63) is 0 Å². The minimum atomic E-state index is -0.0569. The molecular formula is C12H21NO. The number of piperidine rings is 1. The Morgan fingerprint density at radius 1 is 0.857 bits per heavy atom. The van der Waals surface area contributed by atoms with Crippen molar-refractivity contribution in [3.8, 4) is 0 Å². The maximum absolute atomic E-state index is 11.3. The van der Waals surface area contributed by atoms with Crippen molar-refractivity contribution in [2.75, 3.05) is 13.1 Å². The van der Waals surface area contributed by atoms with E-state index in [1.54, 1.807) is 0 Å². The lowest BCUT2D eigenvalue weighted by atomic mass is 9.80. The zero-order valence-corrected chi connectivity index (χ0v) is 9.00. The molecule has 0 unspecified atom stereocenters. The molecule has 2 heteroatoms. The number of hydrogen-bond acceptors (Lipinski definition) is 2. The predicted molar refractivity (Wildman–Crippen MR) is 57.3 cm³/mol. The van der Waals surface area contributed by atoms with Gasteiger partial charge in [0, 0.05) is 0 Å². The van der Waals surface area contributed by atoms with E-state index in [2.05, 4.69) is 4.90 Å². The fourth-order valence-electron chi connectivity index (χ4n) is 3.01. The standard InChI is InChI=1S/C12H21NO/c14-11-12(7-3-1-4-8-12)13-9-5-2-6-10-13/h11H,1-10H2. The lowest BCUT2D eigenvalue weighted by molar-refractivity contribution is -0.121. The minimum Gasteiger partial charge on any atom is -0.301 e. The van der Waals surface area contributed by atoms with Crippen molar-refractivity contribution in [1.29, 1.82) is 0 Å². The summed E-state index contributed by atoms with van der Waals surface area (Å²) in [6.45, 7) is 2.30. The van der Waals surface area contributed by atoms with Gasteiger partial charge >= 0.3 is 0 Å². The summed E-state index contributed by atoms with van der Waals surface area (Å²) in [6, 6.07) is 0. The van der Waals surface area contributed by atoms with E-state index in [-0.39, 0.29) is 5.54 Å². The smallest absolute Gasteiger partial charge is 0.140 e. The van der Waals surface area contributed by atoms with E-state index in [4.69, 9.17) is 0 Å². The highest BCUT2D eigenvalue weighted by atomic mass is 16.1. The highest BCUT2D eigenvalue weighted by Crippen LogP contribution is 2.33. The molecule has 1 heterocycles. The van der Waals surface area contributed by atoms with E-state index in [1.807, 2.05) is 0 Å². The molecule has 0 bridgehead atoms. The topological polar surface area (TPSA) is 20.3 Å². The van der Waals surface area contributed by atoms with Gasteiger partial charge < -0.3 is 4.79 Å². The minimum absolute atomic E-state index is 0.0569. The lowest BCUT2D eigenvalue weighted by Gasteiger charge is -2.44. The molecule has 0 radical (unpaired) electrons. The first-order chi connectivity index (χ1) is 6.87. The highest BCUT2D eigenvalue weighted by Gasteiger charge is 2.37. The maximum atomic E-state index is 11.3. The molecule has 1 aliphatic carbocycles. The molecular weight excluding hydrogens is 174 g/mol. The molecule has 2 fully saturated rings. The predicted octanol–water partition coefficient (Wildman–Crippen LogP) is 2.37. The van der Waals surface area contributed by atoms with Gasteiger partial charge in [0.2, 0.25) is 0 Å². The van der Waals surface area contributed by atoms with E-state index in [1.165, 1.54) is 44.8 Å². The van der Waals surface area contributed by atoms with Crippen molar-refractivity contribution in [3.63, 3.8) is 0 Å². The second kappa shape index (κ2) is 4.43. The first kappa shape index (κ1) is 10.2. The fraction of sp³-hybridized carbons (Fsp3) is 0.917. The normalized spacial score (nSPS) is 28.6. The molecule has 0 N–H and O–H groups in total. The van der Waals surface area contributed by atoms with Crippen LogP contribution in [0, 0.1) is 0 Å². The van der Waals surface area contributed by atoms with Gasteiger partial charge in [-0.25, -0.2) is 0 Å². The number of carbonyl (C=O) groups is 1. The van der Waals surface area contributed by atoms with E-state index < -0.39 is 0 Å². The quantitative estimate of drug-likeness (QED) is 0.630. The van der Waals surface area contributed by atoms with Crippen molar-refractivity contribution >= 4 is 6.29 Å². The van der Waals surface area contributed by atoms with Gasteiger partial charge in [-0.05, 0) is 38.8 Å². The van der Waals surface area contributed by atoms with Gasteiger partial charge in [-0.3, -0.25) is 4.90 Å². The van der Waals surface area contributed by atoms with Crippen molar-refractivity contribution in [2.24, 2.45) is 0 Å². The molecule has 0 aromatic rings. The molecule has 0 aromatic carbocycles. The van der Waals surface area contributed by atoms with Gasteiger partial charge in [0.05, 0.1) is 5.54 Å². The number of hydrogen-bond donors (Lipinski definition) is 0. The van der Waals surface area contributed by atoms with Crippen LogP contribution in [0.3, 0.4) is 0 Å². The third kappa shape index (κ3) is 1.85. The Hall–Kier alpha value is -0.370. The number of nitrogens with zero attached hydrogens (tertiary/aromatic N) is 1. The number of likely N-dealkylation sites (tertiary alicyclic amines) is 1. The van der Waals surface area contributed by atoms with Crippen molar-refractivity contribution in [1.82, 2.24) is 4.90 Å². The van der Waals surface area contributed by atoms with Crippen LogP contribution in [0.4, 0.5) is 0 Å². The van der Waals surface area contributed by atoms with Gasteiger partial charge in [0.15, 0.2) is 0 Å². The van der Waals surface area contributed by atoms with Crippen molar-refractivity contribution in [2.45, 2.75) is 56.9 Å². The Morgan fingerprint density at radius 3 is 2.00 bits per heavy atom. The fourth-order valence-corrected chi connectivity index (χ4v) is 3.01. The summed E-state index contributed by atoms with van der Waals surface area (Å²) >= 11 is 0. The van der Waals surface area contributed by atoms with Crippen molar-refractivity contribution < 1.29 is 4.79 Å². The Bertz CT molecular complexity index is 190. The summed E-state index contributed by atoms with van der Waals surface area (Å²) in [5.74, 6) is 0. The third-order valence-corrected chi connectivity index (χ3v) is 3.92. The molecule has 2 rings (SSSR count). The first-order valence-corrected chi connectivity index (χ1v) is 6.09. The molecule has 0 aromatic heterocycles. The first-order valence-electron chi connectivity index (χ1n) is 6.09. The summed E-state index contributed by atoms with van der Waals surface area (Å²) in [7, 11) is 0. The largest absolute Gasteiger partial charge is 0.301 e. The van der Waals surface area contributed by atoms with Gasteiger partial charge in [0.25, 0.3) is 0 Å². The molecule has 14 heavy (non-hydrogen) atoms. The third-order valence-electron chi connectivity index (χ3n) is 3.92. The highest BCUT2D eigenvalue weighted by molar-refractivity contribution is 5.64. The average Bonchev–Trinajstić information content (AvgIpc) is 2.31. The summed E-state index contributed by atoms with van der Waals surface area (Å²) in [4.78, 5) is 13.8. The zero-order chi connectivity index (χ0) is 9.86. The van der Waals surface area contributed by atoms with Crippen LogP contribution < -0.4 is 0 Å². The Kier molecular flexibility index (Phi) is 3.22. The van der Waals surface area contributed by atoms with Crippen LogP contribution in [0.1, 0.15) is 51.4 Å². The van der Waals surface area contributed by atoms with Crippen LogP contribution in [-0.4, -0.2) is 29.8 Å².